The number of nitrogens with two attached hydrogens (primary N) is 1. The number of carbonyl (C=O) groups is 1. The second-order valence-corrected chi connectivity index (χ2v) is 3.82. The van der Waals surface area contributed by atoms with Crippen molar-refractivity contribution in [3.63, 3.8) is 0 Å². The highest BCUT2D eigenvalue weighted by atomic mass is 19.1. The number of aromatic nitrogens is 1. The summed E-state index contributed by atoms with van der Waals surface area (Å²) in [5, 5.41) is 9.21. The number of hydrogen-bond acceptors (Lipinski definition) is 2. The van der Waals surface area contributed by atoms with E-state index < -0.39 is 17.8 Å². The Balaban J connectivity index is 2.75. The second kappa shape index (κ2) is 4.18. The molecule has 17 heavy (non-hydrogen) atoms. The molecule has 1 aromatic carbocycles. The van der Waals surface area contributed by atoms with E-state index in [0.717, 1.165) is 0 Å². The van der Waals surface area contributed by atoms with Crippen molar-refractivity contribution < 1.29 is 14.3 Å². The van der Waals surface area contributed by atoms with Crippen LogP contribution in [-0.2, 0) is 11.3 Å². The van der Waals surface area contributed by atoms with Gasteiger partial charge in [-0.3, -0.25) is 4.79 Å². The van der Waals surface area contributed by atoms with Crippen molar-refractivity contribution >= 4 is 16.9 Å². The molecule has 1 atom stereocenters. The van der Waals surface area contributed by atoms with Crippen LogP contribution in [0.25, 0.3) is 10.9 Å². The van der Waals surface area contributed by atoms with Gasteiger partial charge in [0, 0.05) is 23.7 Å². The maximum Gasteiger partial charge on any atom is 0.325 e. The molecular weight excluding hydrogens is 223 g/mol. The van der Waals surface area contributed by atoms with Crippen molar-refractivity contribution in [2.24, 2.45) is 5.73 Å². The third-order valence-corrected chi connectivity index (χ3v) is 2.83. The predicted molar refractivity (Wildman–Crippen MR) is 62.1 cm³/mol. The molecule has 1 aromatic heterocycles. The Labute approximate surface area is 97.5 Å². The van der Waals surface area contributed by atoms with Crippen molar-refractivity contribution in [2.45, 2.75) is 19.5 Å². The van der Waals surface area contributed by atoms with Crippen LogP contribution < -0.4 is 5.73 Å². The lowest BCUT2D eigenvalue weighted by Gasteiger charge is -2.04. The summed E-state index contributed by atoms with van der Waals surface area (Å²) in [6.07, 6.45) is 1.60. The molecule has 4 nitrogen and oxygen atoms in total. The highest BCUT2D eigenvalue weighted by molar-refractivity contribution is 5.90. The molecule has 0 bridgehead atoms. The van der Waals surface area contributed by atoms with Gasteiger partial charge in [0.2, 0.25) is 0 Å². The van der Waals surface area contributed by atoms with E-state index in [1.807, 2.05) is 6.92 Å². The number of aryl methyl sites for hydroxylation is 1. The van der Waals surface area contributed by atoms with Crippen LogP contribution >= 0.6 is 0 Å². The average Bonchev–Trinajstić information content (AvgIpc) is 2.68. The molecule has 0 aliphatic rings. The first-order chi connectivity index (χ1) is 8.06. The van der Waals surface area contributed by atoms with Gasteiger partial charge >= 0.3 is 5.97 Å². The molecule has 0 aliphatic heterocycles. The lowest BCUT2D eigenvalue weighted by atomic mass is 10.1. The van der Waals surface area contributed by atoms with Gasteiger partial charge in [0.1, 0.15) is 11.9 Å². The molecule has 1 unspecified atom stereocenters. The lowest BCUT2D eigenvalue weighted by molar-refractivity contribution is -0.138. The quantitative estimate of drug-likeness (QED) is 0.855. The van der Waals surface area contributed by atoms with E-state index in [2.05, 4.69) is 0 Å². The van der Waals surface area contributed by atoms with E-state index in [4.69, 9.17) is 10.8 Å². The molecular formula is C12H13FN2O2. The molecule has 0 aliphatic carbocycles. The van der Waals surface area contributed by atoms with Gasteiger partial charge < -0.3 is 15.4 Å². The van der Waals surface area contributed by atoms with E-state index >= 15 is 0 Å². The topological polar surface area (TPSA) is 68.2 Å². The van der Waals surface area contributed by atoms with Crippen LogP contribution in [0, 0.1) is 5.82 Å². The zero-order valence-corrected chi connectivity index (χ0v) is 9.35. The van der Waals surface area contributed by atoms with E-state index in [-0.39, 0.29) is 0 Å². The first kappa shape index (κ1) is 11.6. The Morgan fingerprint density at radius 1 is 1.59 bits per heavy atom. The average molecular weight is 236 g/mol. The summed E-state index contributed by atoms with van der Waals surface area (Å²) in [5.41, 5.74) is 6.54. The number of nitrogens with zero attached hydrogens (tertiary/aromatic N) is 1. The van der Waals surface area contributed by atoms with Crippen molar-refractivity contribution in [3.05, 3.63) is 35.8 Å². The maximum atomic E-state index is 13.8. The number of rotatable bonds is 3. The molecule has 2 rings (SSSR count). The SMILES string of the molecule is CCn1cc(C(N)C(=O)O)c2c(F)cccc21. The fraction of sp³-hybridized carbons (Fsp3) is 0.250. The molecule has 3 N–H and O–H groups in total. The van der Waals surface area contributed by atoms with E-state index in [0.29, 0.717) is 23.0 Å². The molecule has 0 spiro atoms. The minimum Gasteiger partial charge on any atom is -0.480 e. The Kier molecular flexibility index (Phi) is 2.85. The largest absolute Gasteiger partial charge is 0.480 e. The smallest absolute Gasteiger partial charge is 0.325 e. The van der Waals surface area contributed by atoms with Gasteiger partial charge in [0.25, 0.3) is 0 Å². The Hall–Kier alpha value is -1.88. The summed E-state index contributed by atoms with van der Waals surface area (Å²) < 4.78 is 15.5. The molecule has 0 radical (unpaired) electrons. The zero-order valence-electron chi connectivity index (χ0n) is 9.35. The normalized spacial score (nSPS) is 12.9. The molecule has 0 fully saturated rings. The third-order valence-electron chi connectivity index (χ3n) is 2.83. The van der Waals surface area contributed by atoms with Crippen LogP contribution in [0.5, 0.6) is 0 Å². The molecule has 2 aromatic rings. The number of fused-ring (bicyclic) bond motifs is 1. The third kappa shape index (κ3) is 1.78. The highest BCUT2D eigenvalue weighted by Crippen LogP contribution is 2.28. The Morgan fingerprint density at radius 2 is 2.29 bits per heavy atom. The van der Waals surface area contributed by atoms with E-state index in [1.54, 1.807) is 22.9 Å². The minimum absolute atomic E-state index is 0.296. The molecule has 0 saturated carbocycles. The number of aliphatic carboxylic acids is 1. The van der Waals surface area contributed by atoms with Crippen LogP contribution in [0.3, 0.4) is 0 Å². The summed E-state index contributed by atoms with van der Waals surface area (Å²) in [6, 6.07) is 3.45. The standard InChI is InChI=1S/C12H13FN2O2/c1-2-15-6-7(11(14)12(16)17)10-8(13)4-3-5-9(10)15/h3-6,11H,2,14H2,1H3,(H,16,17). The number of carboxylic acids is 1. The van der Waals surface area contributed by atoms with Crippen LogP contribution in [0.15, 0.2) is 24.4 Å². The highest BCUT2D eigenvalue weighted by Gasteiger charge is 2.21. The summed E-state index contributed by atoms with van der Waals surface area (Å²) in [4.78, 5) is 10.9. The fourth-order valence-electron chi connectivity index (χ4n) is 1.97. The number of hydrogen-bond donors (Lipinski definition) is 2. The van der Waals surface area contributed by atoms with Crippen molar-refractivity contribution in [3.8, 4) is 0 Å². The van der Waals surface area contributed by atoms with Gasteiger partial charge in [-0.05, 0) is 19.1 Å². The van der Waals surface area contributed by atoms with Gasteiger partial charge in [-0.25, -0.2) is 4.39 Å². The van der Waals surface area contributed by atoms with Crippen molar-refractivity contribution in [1.82, 2.24) is 4.57 Å². The molecule has 1 heterocycles. The van der Waals surface area contributed by atoms with Crippen LogP contribution in [-0.4, -0.2) is 15.6 Å². The van der Waals surface area contributed by atoms with E-state index in [1.165, 1.54) is 6.07 Å². The summed E-state index contributed by atoms with van der Waals surface area (Å²) in [7, 11) is 0. The number of carboxylic acid groups (broad SMARTS) is 1. The zero-order chi connectivity index (χ0) is 12.6. The molecule has 0 saturated heterocycles. The summed E-state index contributed by atoms with van der Waals surface area (Å²) in [6.45, 7) is 2.53. The van der Waals surface area contributed by atoms with Crippen LogP contribution in [0.4, 0.5) is 4.39 Å². The first-order valence-electron chi connectivity index (χ1n) is 5.32. The van der Waals surface area contributed by atoms with Crippen LogP contribution in [0.2, 0.25) is 0 Å². The summed E-state index contributed by atoms with van der Waals surface area (Å²) in [5.74, 6) is -1.61. The predicted octanol–water partition coefficient (Wildman–Crippen LogP) is 1.88. The summed E-state index contributed by atoms with van der Waals surface area (Å²) >= 11 is 0. The van der Waals surface area contributed by atoms with Gasteiger partial charge in [-0.15, -0.1) is 0 Å². The lowest BCUT2D eigenvalue weighted by Crippen LogP contribution is -2.20. The molecule has 5 heteroatoms. The Bertz CT molecular complexity index is 577. The molecule has 90 valence electrons. The van der Waals surface area contributed by atoms with Gasteiger partial charge in [0.05, 0.1) is 5.52 Å². The van der Waals surface area contributed by atoms with Crippen molar-refractivity contribution in [2.75, 3.05) is 0 Å². The maximum absolute atomic E-state index is 13.8. The fourth-order valence-corrected chi connectivity index (χ4v) is 1.97. The van der Waals surface area contributed by atoms with E-state index in [9.17, 15) is 9.18 Å². The second-order valence-electron chi connectivity index (χ2n) is 3.82. The monoisotopic (exact) mass is 236 g/mol. The van der Waals surface area contributed by atoms with Gasteiger partial charge in [-0.2, -0.15) is 0 Å². The van der Waals surface area contributed by atoms with Gasteiger partial charge in [0.15, 0.2) is 0 Å². The van der Waals surface area contributed by atoms with Crippen LogP contribution in [0.1, 0.15) is 18.5 Å². The minimum atomic E-state index is -1.21. The number of halogens is 1. The van der Waals surface area contributed by atoms with Gasteiger partial charge in [-0.1, -0.05) is 6.07 Å². The molecule has 0 amide bonds. The first-order valence-corrected chi connectivity index (χ1v) is 5.32. The number of benzene rings is 1. The Morgan fingerprint density at radius 3 is 2.88 bits per heavy atom. The van der Waals surface area contributed by atoms with Crippen molar-refractivity contribution in [1.29, 1.82) is 0 Å².